The Morgan fingerprint density at radius 3 is 2.38 bits per heavy atom. The maximum atomic E-state index is 13.0. The SMILES string of the molecule is COc1cc(C(=O)N2CCN(c3ccccc3Cl)CC2)cc(Cl)c1OCC(N)=O. The van der Waals surface area contributed by atoms with Crippen molar-refractivity contribution in [2.75, 3.05) is 44.8 Å². The number of hydrogen-bond donors (Lipinski definition) is 1. The lowest BCUT2D eigenvalue weighted by Crippen LogP contribution is -2.48. The molecule has 154 valence electrons. The quantitative estimate of drug-likeness (QED) is 0.750. The predicted octanol–water partition coefficient (Wildman–Crippen LogP) is 2.83. The zero-order chi connectivity index (χ0) is 21.0. The van der Waals surface area contributed by atoms with Gasteiger partial charge in [0.15, 0.2) is 18.1 Å². The van der Waals surface area contributed by atoms with Crippen LogP contribution in [-0.2, 0) is 4.79 Å². The maximum Gasteiger partial charge on any atom is 0.255 e. The average Bonchev–Trinajstić information content (AvgIpc) is 2.72. The molecule has 1 heterocycles. The molecule has 0 radical (unpaired) electrons. The zero-order valence-corrected chi connectivity index (χ0v) is 17.4. The number of halogens is 2. The van der Waals surface area contributed by atoms with Gasteiger partial charge in [-0.15, -0.1) is 0 Å². The van der Waals surface area contributed by atoms with Gasteiger partial charge in [-0.2, -0.15) is 0 Å². The highest BCUT2D eigenvalue weighted by molar-refractivity contribution is 6.33. The smallest absolute Gasteiger partial charge is 0.255 e. The topological polar surface area (TPSA) is 85.1 Å². The van der Waals surface area contributed by atoms with Gasteiger partial charge in [0.1, 0.15) is 0 Å². The third kappa shape index (κ3) is 4.86. The minimum atomic E-state index is -0.639. The van der Waals surface area contributed by atoms with E-state index in [1.54, 1.807) is 11.0 Å². The van der Waals surface area contributed by atoms with Crippen molar-refractivity contribution in [3.05, 3.63) is 52.0 Å². The molecule has 3 rings (SSSR count). The molecule has 0 aromatic heterocycles. The molecule has 2 N–H and O–H groups in total. The molecule has 0 spiro atoms. The summed E-state index contributed by atoms with van der Waals surface area (Å²) in [5, 5.41) is 0.860. The van der Waals surface area contributed by atoms with Crippen LogP contribution >= 0.6 is 23.2 Å². The van der Waals surface area contributed by atoms with Crippen molar-refractivity contribution in [1.29, 1.82) is 0 Å². The summed E-state index contributed by atoms with van der Waals surface area (Å²) >= 11 is 12.5. The number of ether oxygens (including phenoxy) is 2. The van der Waals surface area contributed by atoms with Crippen LogP contribution < -0.4 is 20.1 Å². The number of primary amides is 1. The van der Waals surface area contributed by atoms with Crippen molar-refractivity contribution >= 4 is 40.7 Å². The molecule has 0 bridgehead atoms. The van der Waals surface area contributed by atoms with Gasteiger partial charge in [-0.05, 0) is 24.3 Å². The summed E-state index contributed by atoms with van der Waals surface area (Å²) in [6.07, 6.45) is 0. The van der Waals surface area contributed by atoms with E-state index in [1.165, 1.54) is 13.2 Å². The van der Waals surface area contributed by atoms with Crippen LogP contribution in [0.2, 0.25) is 10.0 Å². The summed E-state index contributed by atoms with van der Waals surface area (Å²) < 4.78 is 10.6. The van der Waals surface area contributed by atoms with Gasteiger partial charge < -0.3 is 25.0 Å². The summed E-state index contributed by atoms with van der Waals surface area (Å²) in [7, 11) is 1.43. The van der Waals surface area contributed by atoms with E-state index >= 15 is 0 Å². The Labute approximate surface area is 178 Å². The number of amides is 2. The third-order valence-electron chi connectivity index (χ3n) is 4.60. The number of methoxy groups -OCH3 is 1. The second-order valence-corrected chi connectivity index (χ2v) is 7.29. The monoisotopic (exact) mass is 437 g/mol. The number of rotatable bonds is 6. The molecular weight excluding hydrogens is 417 g/mol. The van der Waals surface area contributed by atoms with E-state index in [-0.39, 0.29) is 29.0 Å². The van der Waals surface area contributed by atoms with Gasteiger partial charge in [0, 0.05) is 31.7 Å². The van der Waals surface area contributed by atoms with Crippen molar-refractivity contribution in [3.8, 4) is 11.5 Å². The molecule has 7 nitrogen and oxygen atoms in total. The Bertz CT molecular complexity index is 915. The van der Waals surface area contributed by atoms with Crippen LogP contribution in [0.3, 0.4) is 0 Å². The Kier molecular flexibility index (Phi) is 6.71. The van der Waals surface area contributed by atoms with E-state index in [0.29, 0.717) is 36.8 Å². The molecule has 0 aliphatic carbocycles. The maximum absolute atomic E-state index is 13.0. The van der Waals surface area contributed by atoms with Crippen LogP contribution in [0.15, 0.2) is 36.4 Å². The molecule has 2 amide bonds. The fourth-order valence-corrected chi connectivity index (χ4v) is 3.69. The lowest BCUT2D eigenvalue weighted by molar-refractivity contribution is -0.119. The van der Waals surface area contributed by atoms with E-state index in [9.17, 15) is 9.59 Å². The molecule has 0 saturated carbocycles. The van der Waals surface area contributed by atoms with Gasteiger partial charge in [-0.25, -0.2) is 0 Å². The van der Waals surface area contributed by atoms with Crippen LogP contribution in [0.1, 0.15) is 10.4 Å². The van der Waals surface area contributed by atoms with E-state index in [1.807, 2.05) is 24.3 Å². The molecule has 1 aliphatic rings. The predicted molar refractivity (Wildman–Crippen MR) is 112 cm³/mol. The summed E-state index contributed by atoms with van der Waals surface area (Å²) in [5.74, 6) is -0.366. The zero-order valence-electron chi connectivity index (χ0n) is 15.9. The van der Waals surface area contributed by atoms with Crippen molar-refractivity contribution < 1.29 is 19.1 Å². The number of nitrogens with two attached hydrogens (primary N) is 1. The van der Waals surface area contributed by atoms with Crippen molar-refractivity contribution in [1.82, 2.24) is 4.90 Å². The van der Waals surface area contributed by atoms with Gasteiger partial charge in [0.2, 0.25) is 0 Å². The number of piperazine rings is 1. The average molecular weight is 438 g/mol. The van der Waals surface area contributed by atoms with Gasteiger partial charge in [-0.1, -0.05) is 35.3 Å². The second-order valence-electron chi connectivity index (χ2n) is 6.48. The number of benzene rings is 2. The molecular formula is C20H21Cl2N3O4. The minimum absolute atomic E-state index is 0.162. The van der Waals surface area contributed by atoms with Gasteiger partial charge in [0.25, 0.3) is 11.8 Å². The van der Waals surface area contributed by atoms with E-state index in [0.717, 1.165) is 5.69 Å². The van der Waals surface area contributed by atoms with E-state index < -0.39 is 5.91 Å². The molecule has 2 aromatic carbocycles. The molecule has 9 heteroatoms. The summed E-state index contributed by atoms with van der Waals surface area (Å²) in [6.45, 7) is 2.08. The molecule has 29 heavy (non-hydrogen) atoms. The number of carbonyl (C=O) groups excluding carboxylic acids is 2. The van der Waals surface area contributed by atoms with Crippen LogP contribution in [0, 0.1) is 0 Å². The normalized spacial score (nSPS) is 13.9. The highest BCUT2D eigenvalue weighted by atomic mass is 35.5. The lowest BCUT2D eigenvalue weighted by Gasteiger charge is -2.36. The first-order valence-electron chi connectivity index (χ1n) is 8.98. The van der Waals surface area contributed by atoms with Gasteiger partial charge in [-0.3, -0.25) is 9.59 Å². The fraction of sp³-hybridized carbons (Fsp3) is 0.300. The Morgan fingerprint density at radius 2 is 1.76 bits per heavy atom. The number of carbonyl (C=O) groups is 2. The Balaban J connectivity index is 1.72. The summed E-state index contributed by atoms with van der Waals surface area (Å²) in [4.78, 5) is 27.8. The van der Waals surface area contributed by atoms with E-state index in [4.69, 9.17) is 38.4 Å². The fourth-order valence-electron chi connectivity index (χ4n) is 3.17. The second kappa shape index (κ2) is 9.24. The highest BCUT2D eigenvalue weighted by Crippen LogP contribution is 2.37. The van der Waals surface area contributed by atoms with Crippen LogP contribution in [0.4, 0.5) is 5.69 Å². The number of para-hydroxylation sites is 1. The largest absolute Gasteiger partial charge is 0.493 e. The van der Waals surface area contributed by atoms with Crippen LogP contribution in [0.5, 0.6) is 11.5 Å². The molecule has 2 aromatic rings. The third-order valence-corrected chi connectivity index (χ3v) is 5.20. The number of hydrogen-bond acceptors (Lipinski definition) is 5. The summed E-state index contributed by atoms with van der Waals surface area (Å²) in [6, 6.07) is 10.7. The molecule has 1 saturated heterocycles. The van der Waals surface area contributed by atoms with Crippen molar-refractivity contribution in [3.63, 3.8) is 0 Å². The van der Waals surface area contributed by atoms with E-state index in [2.05, 4.69) is 4.90 Å². The lowest BCUT2D eigenvalue weighted by atomic mass is 10.1. The van der Waals surface area contributed by atoms with Crippen molar-refractivity contribution in [2.24, 2.45) is 5.73 Å². The standard InChI is InChI=1S/C20H21Cl2N3O4/c1-28-17-11-13(10-15(22)19(17)29-12-18(23)26)20(27)25-8-6-24(7-9-25)16-5-3-2-4-14(16)21/h2-5,10-11H,6-9,12H2,1H3,(H2,23,26). The van der Waals surface area contributed by atoms with Gasteiger partial charge >= 0.3 is 0 Å². The first-order valence-corrected chi connectivity index (χ1v) is 9.73. The number of anilines is 1. The van der Waals surface area contributed by atoms with Crippen molar-refractivity contribution in [2.45, 2.75) is 0 Å². The first-order chi connectivity index (χ1) is 13.9. The summed E-state index contributed by atoms with van der Waals surface area (Å²) in [5.41, 5.74) is 6.44. The molecule has 1 aliphatic heterocycles. The first kappa shape index (κ1) is 21.1. The molecule has 0 unspecified atom stereocenters. The van der Waals surface area contributed by atoms with Crippen LogP contribution in [-0.4, -0.2) is 56.6 Å². The van der Waals surface area contributed by atoms with Crippen LogP contribution in [0.25, 0.3) is 0 Å². The highest BCUT2D eigenvalue weighted by Gasteiger charge is 2.25. The molecule has 0 atom stereocenters. The Morgan fingerprint density at radius 1 is 1.07 bits per heavy atom. The molecule has 1 fully saturated rings. The van der Waals surface area contributed by atoms with Gasteiger partial charge in [0.05, 0.1) is 22.8 Å². The Hall–Kier alpha value is -2.64. The number of nitrogens with zero attached hydrogens (tertiary/aromatic N) is 2. The minimum Gasteiger partial charge on any atom is -0.493 e.